The van der Waals surface area contributed by atoms with Crippen LogP contribution in [-0.2, 0) is 6.54 Å². The summed E-state index contributed by atoms with van der Waals surface area (Å²) in [5.74, 6) is 0.966. The van der Waals surface area contributed by atoms with Gasteiger partial charge in [-0.3, -0.25) is 0 Å². The molecule has 0 saturated carbocycles. The molecule has 78 valence electrons. The van der Waals surface area contributed by atoms with Crippen LogP contribution in [0.2, 0.25) is 0 Å². The lowest BCUT2D eigenvalue weighted by Gasteiger charge is -2.19. The van der Waals surface area contributed by atoms with Crippen LogP contribution < -0.4 is 4.90 Å². The van der Waals surface area contributed by atoms with Gasteiger partial charge in [-0.15, -0.1) is 0 Å². The molecular formula is C12H12BrNO. The number of anilines is 1. The fraction of sp³-hybridized carbons (Fsp3) is 0.167. The lowest BCUT2D eigenvalue weighted by Crippen LogP contribution is -2.16. The van der Waals surface area contributed by atoms with Crippen LogP contribution in [0.5, 0.6) is 0 Å². The maximum Gasteiger partial charge on any atom is 0.123 e. The van der Waals surface area contributed by atoms with Gasteiger partial charge in [-0.2, -0.15) is 0 Å². The van der Waals surface area contributed by atoms with Gasteiger partial charge in [0, 0.05) is 11.5 Å². The lowest BCUT2D eigenvalue weighted by molar-refractivity contribution is 0.507. The molecule has 1 aromatic carbocycles. The predicted molar refractivity (Wildman–Crippen MR) is 65.0 cm³/mol. The third-order valence-corrected chi connectivity index (χ3v) is 2.91. The minimum atomic E-state index is 0.773. The Labute approximate surface area is 97.6 Å². The molecule has 2 nitrogen and oxygen atoms in total. The van der Waals surface area contributed by atoms with E-state index in [4.69, 9.17) is 4.42 Å². The molecule has 0 fully saturated rings. The molecule has 0 atom stereocenters. The van der Waals surface area contributed by atoms with Crippen molar-refractivity contribution in [3.8, 4) is 0 Å². The largest absolute Gasteiger partial charge is 0.467 e. The molecule has 0 radical (unpaired) electrons. The van der Waals surface area contributed by atoms with E-state index in [2.05, 4.69) is 26.9 Å². The number of nitrogens with zero attached hydrogens (tertiary/aromatic N) is 1. The fourth-order valence-electron chi connectivity index (χ4n) is 1.48. The molecule has 0 spiro atoms. The third kappa shape index (κ3) is 2.42. The van der Waals surface area contributed by atoms with E-state index >= 15 is 0 Å². The number of furan rings is 1. The second-order valence-electron chi connectivity index (χ2n) is 3.39. The first-order valence-electron chi connectivity index (χ1n) is 4.75. The standard InChI is InChI=1S/C12H12BrNO/c1-14(9-10-5-4-8-15-10)12-7-3-2-6-11(12)13/h2-8H,9H2,1H3. The summed E-state index contributed by atoms with van der Waals surface area (Å²) in [6.07, 6.45) is 1.70. The zero-order valence-electron chi connectivity index (χ0n) is 8.48. The molecule has 0 saturated heterocycles. The van der Waals surface area contributed by atoms with Crippen LogP contribution in [0.15, 0.2) is 51.6 Å². The van der Waals surface area contributed by atoms with Crippen molar-refractivity contribution in [2.24, 2.45) is 0 Å². The predicted octanol–water partition coefficient (Wildman–Crippen LogP) is 3.68. The van der Waals surface area contributed by atoms with Crippen molar-refractivity contribution in [2.75, 3.05) is 11.9 Å². The Bertz CT molecular complexity index is 425. The summed E-state index contributed by atoms with van der Waals surface area (Å²) in [7, 11) is 2.04. The normalized spacial score (nSPS) is 10.3. The van der Waals surface area contributed by atoms with Crippen LogP contribution in [-0.4, -0.2) is 7.05 Å². The molecule has 0 aliphatic heterocycles. The SMILES string of the molecule is CN(Cc1ccco1)c1ccccc1Br. The van der Waals surface area contributed by atoms with E-state index < -0.39 is 0 Å². The molecule has 1 aromatic heterocycles. The molecule has 0 bridgehead atoms. The Hall–Kier alpha value is -1.22. The summed E-state index contributed by atoms with van der Waals surface area (Å²) in [6.45, 7) is 0.773. The monoisotopic (exact) mass is 265 g/mol. The molecule has 0 amide bonds. The fourth-order valence-corrected chi connectivity index (χ4v) is 2.07. The van der Waals surface area contributed by atoms with Crippen molar-refractivity contribution in [3.05, 3.63) is 52.9 Å². The molecule has 0 unspecified atom stereocenters. The van der Waals surface area contributed by atoms with Crippen LogP contribution in [0.25, 0.3) is 0 Å². The van der Waals surface area contributed by atoms with E-state index in [1.807, 2.05) is 37.4 Å². The molecule has 3 heteroatoms. The van der Waals surface area contributed by atoms with Crippen molar-refractivity contribution < 1.29 is 4.42 Å². The molecular weight excluding hydrogens is 254 g/mol. The Morgan fingerprint density at radius 3 is 2.67 bits per heavy atom. The van der Waals surface area contributed by atoms with Crippen LogP contribution in [0.1, 0.15) is 5.76 Å². The summed E-state index contributed by atoms with van der Waals surface area (Å²) >= 11 is 3.53. The second kappa shape index (κ2) is 4.53. The number of rotatable bonds is 3. The summed E-state index contributed by atoms with van der Waals surface area (Å²) in [6, 6.07) is 12.0. The number of hydrogen-bond donors (Lipinski definition) is 0. The van der Waals surface area contributed by atoms with Gasteiger partial charge in [0.15, 0.2) is 0 Å². The van der Waals surface area contributed by atoms with Gasteiger partial charge >= 0.3 is 0 Å². The van der Waals surface area contributed by atoms with Crippen molar-refractivity contribution in [1.82, 2.24) is 0 Å². The topological polar surface area (TPSA) is 16.4 Å². The molecule has 1 heterocycles. The van der Waals surface area contributed by atoms with Gasteiger partial charge in [0.1, 0.15) is 5.76 Å². The highest BCUT2D eigenvalue weighted by atomic mass is 79.9. The van der Waals surface area contributed by atoms with Gasteiger partial charge in [-0.25, -0.2) is 0 Å². The van der Waals surface area contributed by atoms with E-state index in [-0.39, 0.29) is 0 Å². The van der Waals surface area contributed by atoms with Gasteiger partial charge in [0.2, 0.25) is 0 Å². The molecule has 0 aliphatic carbocycles. The molecule has 0 aliphatic rings. The van der Waals surface area contributed by atoms with Crippen molar-refractivity contribution in [3.63, 3.8) is 0 Å². The summed E-state index contributed by atoms with van der Waals surface area (Å²) in [5.41, 5.74) is 1.16. The van der Waals surface area contributed by atoms with E-state index in [0.29, 0.717) is 0 Å². The highest BCUT2D eigenvalue weighted by Crippen LogP contribution is 2.25. The third-order valence-electron chi connectivity index (χ3n) is 2.24. The first-order chi connectivity index (χ1) is 7.27. The van der Waals surface area contributed by atoms with Crippen molar-refractivity contribution in [2.45, 2.75) is 6.54 Å². The summed E-state index contributed by atoms with van der Waals surface area (Å²) < 4.78 is 6.40. The van der Waals surface area contributed by atoms with Crippen LogP contribution >= 0.6 is 15.9 Å². The number of para-hydroxylation sites is 1. The van der Waals surface area contributed by atoms with Crippen LogP contribution in [0.3, 0.4) is 0 Å². The highest BCUT2D eigenvalue weighted by molar-refractivity contribution is 9.10. The molecule has 2 rings (SSSR count). The summed E-state index contributed by atoms with van der Waals surface area (Å²) in [5, 5.41) is 0. The second-order valence-corrected chi connectivity index (χ2v) is 4.24. The Balaban J connectivity index is 2.15. The van der Waals surface area contributed by atoms with Crippen LogP contribution in [0, 0.1) is 0 Å². The van der Waals surface area contributed by atoms with E-state index in [1.165, 1.54) is 0 Å². The number of hydrogen-bond acceptors (Lipinski definition) is 2. The maximum absolute atomic E-state index is 5.31. The average Bonchev–Trinajstić information content (AvgIpc) is 2.71. The van der Waals surface area contributed by atoms with Crippen LogP contribution in [0.4, 0.5) is 5.69 Å². The molecule has 15 heavy (non-hydrogen) atoms. The van der Waals surface area contributed by atoms with Gasteiger partial charge in [0.25, 0.3) is 0 Å². The van der Waals surface area contributed by atoms with Crippen molar-refractivity contribution >= 4 is 21.6 Å². The van der Waals surface area contributed by atoms with E-state index in [0.717, 1.165) is 22.5 Å². The zero-order valence-corrected chi connectivity index (χ0v) is 10.1. The first-order valence-corrected chi connectivity index (χ1v) is 5.55. The molecule has 2 aromatic rings. The smallest absolute Gasteiger partial charge is 0.123 e. The Morgan fingerprint density at radius 2 is 2.00 bits per heavy atom. The van der Waals surface area contributed by atoms with E-state index in [1.54, 1.807) is 6.26 Å². The molecule has 0 N–H and O–H groups in total. The number of benzene rings is 1. The lowest BCUT2D eigenvalue weighted by atomic mass is 10.3. The summed E-state index contributed by atoms with van der Waals surface area (Å²) in [4.78, 5) is 2.14. The van der Waals surface area contributed by atoms with Gasteiger partial charge in [-0.1, -0.05) is 12.1 Å². The quantitative estimate of drug-likeness (QED) is 0.842. The van der Waals surface area contributed by atoms with Gasteiger partial charge < -0.3 is 9.32 Å². The first kappa shape index (κ1) is 10.3. The minimum Gasteiger partial charge on any atom is -0.467 e. The Morgan fingerprint density at radius 1 is 1.20 bits per heavy atom. The maximum atomic E-state index is 5.31. The van der Waals surface area contributed by atoms with Gasteiger partial charge in [-0.05, 0) is 40.2 Å². The van der Waals surface area contributed by atoms with Crippen molar-refractivity contribution in [1.29, 1.82) is 0 Å². The zero-order chi connectivity index (χ0) is 10.7. The minimum absolute atomic E-state index is 0.773. The van der Waals surface area contributed by atoms with Gasteiger partial charge in [0.05, 0.1) is 18.5 Å². The Kier molecular flexibility index (Phi) is 3.11. The average molecular weight is 266 g/mol. The highest BCUT2D eigenvalue weighted by Gasteiger charge is 2.06. The van der Waals surface area contributed by atoms with E-state index in [9.17, 15) is 0 Å². The number of halogens is 1.